The number of nitrogens with zero attached hydrogens (tertiary/aromatic N) is 6. The van der Waals surface area contributed by atoms with Gasteiger partial charge in [0.15, 0.2) is 0 Å². The minimum atomic E-state index is -5.11. The molecule has 6 aromatic heterocycles. The normalized spacial score (nSPS) is 12.6. The van der Waals surface area contributed by atoms with Crippen LogP contribution in [0.5, 0.6) is 0 Å². The molecule has 0 spiro atoms. The molecule has 0 atom stereocenters. The summed E-state index contributed by atoms with van der Waals surface area (Å²) in [5, 5.41) is 11.5. The highest BCUT2D eigenvalue weighted by Gasteiger charge is 2.38. The fourth-order valence-corrected chi connectivity index (χ4v) is 16.1. The molecule has 0 fully saturated rings. The number of para-hydroxylation sites is 8. The summed E-state index contributed by atoms with van der Waals surface area (Å²) >= 11 is 0. The number of halogens is 6. The Morgan fingerprint density at radius 3 is 0.714 bits per heavy atom. The highest BCUT2D eigenvalue weighted by Crippen LogP contribution is 2.49. The zero-order chi connectivity index (χ0) is 65.4. The van der Waals surface area contributed by atoms with Gasteiger partial charge in [-0.2, -0.15) is 26.3 Å². The van der Waals surface area contributed by atoms with Gasteiger partial charge in [-0.1, -0.05) is 182 Å². The van der Waals surface area contributed by atoms with Gasteiger partial charge in [0, 0.05) is 87.4 Å². The smallest absolute Gasteiger partial charge is 0.309 e. The van der Waals surface area contributed by atoms with Gasteiger partial charge < -0.3 is 27.4 Å². The van der Waals surface area contributed by atoms with Crippen LogP contribution in [0.2, 0.25) is 0 Å². The third-order valence-electron chi connectivity index (χ3n) is 20.2. The fourth-order valence-electron chi connectivity index (χ4n) is 16.1. The van der Waals surface area contributed by atoms with E-state index in [0.717, 1.165) is 144 Å². The largest absolute Gasteiger partial charge is 0.417 e. The molecule has 0 amide bonds. The molecule has 6 heterocycles. The number of hydrogen-bond donors (Lipinski definition) is 0. The van der Waals surface area contributed by atoms with Crippen molar-refractivity contribution in [1.82, 2.24) is 27.4 Å². The van der Waals surface area contributed by atoms with Crippen molar-refractivity contribution in [3.05, 3.63) is 314 Å². The van der Waals surface area contributed by atoms with E-state index in [-0.39, 0.29) is 16.9 Å². The molecular formula is C86H50F6N6. The van der Waals surface area contributed by atoms with Crippen LogP contribution in [-0.2, 0) is 12.4 Å². The van der Waals surface area contributed by atoms with E-state index in [2.05, 4.69) is 193 Å². The van der Waals surface area contributed by atoms with Gasteiger partial charge in [0.2, 0.25) is 0 Å². The van der Waals surface area contributed by atoms with E-state index >= 15 is 26.3 Å². The highest BCUT2D eigenvalue weighted by atomic mass is 19.4. The second-order valence-corrected chi connectivity index (χ2v) is 25.4. The zero-order valence-electron chi connectivity index (χ0n) is 51.8. The van der Waals surface area contributed by atoms with Crippen molar-refractivity contribution in [3.8, 4) is 45.3 Å². The molecule has 466 valence electrons. The lowest BCUT2D eigenvalue weighted by Gasteiger charge is -2.23. The second kappa shape index (κ2) is 20.5. The summed E-state index contributed by atoms with van der Waals surface area (Å²) in [5.74, 6) is 0. The van der Waals surface area contributed by atoms with E-state index in [1.54, 1.807) is 0 Å². The van der Waals surface area contributed by atoms with E-state index in [1.165, 1.54) is 24.3 Å². The number of benzene rings is 14. The first-order valence-electron chi connectivity index (χ1n) is 32.5. The average molecular weight is 1280 g/mol. The molecule has 0 saturated heterocycles. The fraction of sp³-hybridized carbons (Fsp3) is 0.0233. The third-order valence-corrected chi connectivity index (χ3v) is 20.2. The monoisotopic (exact) mass is 1280 g/mol. The lowest BCUT2D eigenvalue weighted by molar-refractivity contribution is -0.137. The SMILES string of the molecule is FC(F)(F)c1cccc(-c2cc(-n3c4cc(-n5c6ccccc6c6ccccc65)ccc4c4ccc(-n5c6ccccc6c6ccccc65)cc43)c(-n3c4cc(-n5c6ccccc6c6ccccc65)ccc4c4ccc(-n5c6ccccc6c6ccccc65)cc43)cc2C(F)(F)F)c1. The maximum atomic E-state index is 17.1. The van der Waals surface area contributed by atoms with Crippen molar-refractivity contribution in [2.75, 3.05) is 0 Å². The van der Waals surface area contributed by atoms with E-state index in [9.17, 15) is 0 Å². The first-order valence-corrected chi connectivity index (χ1v) is 32.5. The van der Waals surface area contributed by atoms with Crippen molar-refractivity contribution in [2.24, 2.45) is 0 Å². The second-order valence-electron chi connectivity index (χ2n) is 25.4. The first-order chi connectivity index (χ1) is 47.9. The van der Waals surface area contributed by atoms with Crippen molar-refractivity contribution in [3.63, 3.8) is 0 Å². The molecule has 98 heavy (non-hydrogen) atoms. The van der Waals surface area contributed by atoms with Crippen LogP contribution in [-0.4, -0.2) is 27.4 Å². The summed E-state index contributed by atoms with van der Waals surface area (Å²) < 4.78 is 109. The van der Waals surface area contributed by atoms with Crippen LogP contribution < -0.4 is 0 Å². The molecule has 0 unspecified atom stereocenters. The molecule has 6 nitrogen and oxygen atoms in total. The predicted molar refractivity (Wildman–Crippen MR) is 388 cm³/mol. The minimum absolute atomic E-state index is 0.134. The summed E-state index contributed by atoms with van der Waals surface area (Å²) in [6.45, 7) is 0. The molecule has 0 bridgehead atoms. The summed E-state index contributed by atoms with van der Waals surface area (Å²) in [5.41, 5.74) is 10.7. The van der Waals surface area contributed by atoms with Crippen molar-refractivity contribution >= 4 is 131 Å². The number of hydrogen-bond acceptors (Lipinski definition) is 0. The van der Waals surface area contributed by atoms with Crippen LogP contribution >= 0.6 is 0 Å². The van der Waals surface area contributed by atoms with Crippen molar-refractivity contribution in [1.29, 1.82) is 0 Å². The van der Waals surface area contributed by atoms with Crippen molar-refractivity contribution < 1.29 is 26.3 Å². The molecule has 0 saturated carbocycles. The molecule has 0 aliphatic rings. The van der Waals surface area contributed by atoms with E-state index in [1.807, 2.05) is 102 Å². The van der Waals surface area contributed by atoms with Gasteiger partial charge in [-0.15, -0.1) is 0 Å². The van der Waals surface area contributed by atoms with Crippen LogP contribution in [0.3, 0.4) is 0 Å². The van der Waals surface area contributed by atoms with Crippen LogP contribution in [0.25, 0.3) is 176 Å². The Balaban J connectivity index is 0.977. The lowest BCUT2D eigenvalue weighted by atomic mass is 9.95. The minimum Gasteiger partial charge on any atom is -0.309 e. The van der Waals surface area contributed by atoms with Gasteiger partial charge in [0.1, 0.15) is 0 Å². The standard InChI is InChI=1S/C86H50F6N6/c87-85(88,89)52-19-17-18-51(44-52)69-49-83(97-79-45-53(93-71-28-9-1-20-57(71)58-21-2-10-29-72(58)93)36-40-65(79)66-41-37-54(46-80(66)97)94-73-30-11-3-22-59(73)60-23-4-12-31-74(60)94)84(50-70(69)86(90,91)92)98-81-47-55(95-75-32-13-5-24-61(75)62-25-6-14-33-76(62)95)38-42-67(81)68-43-39-56(48-82(68)98)96-77-34-15-7-26-63(77)64-27-8-16-35-78(64)96/h1-50H. The van der Waals surface area contributed by atoms with Crippen LogP contribution in [0.4, 0.5) is 26.3 Å². The summed E-state index contributed by atoms with van der Waals surface area (Å²) in [7, 11) is 0. The summed E-state index contributed by atoms with van der Waals surface area (Å²) in [6, 6.07) is 97.6. The molecule has 0 N–H and O–H groups in total. The van der Waals surface area contributed by atoms with Gasteiger partial charge in [-0.05, 0) is 132 Å². The molecule has 12 heteroatoms. The average Bonchev–Trinajstić information content (AvgIpc) is 1.54. The third kappa shape index (κ3) is 8.05. The van der Waals surface area contributed by atoms with Gasteiger partial charge >= 0.3 is 12.4 Å². The molecule has 20 aromatic rings. The van der Waals surface area contributed by atoms with E-state index in [0.29, 0.717) is 22.1 Å². The molecule has 14 aromatic carbocycles. The summed E-state index contributed by atoms with van der Waals surface area (Å²) in [6.07, 6.45) is -9.98. The Hall–Kier alpha value is -12.5. The number of fused-ring (bicyclic) bond motifs is 18. The first kappa shape index (κ1) is 55.9. The van der Waals surface area contributed by atoms with E-state index < -0.39 is 29.0 Å². The Labute approximate surface area is 553 Å². The van der Waals surface area contributed by atoms with Gasteiger partial charge in [0.05, 0.1) is 88.7 Å². The predicted octanol–water partition coefficient (Wildman–Crippen LogP) is 24.0. The molecule has 20 rings (SSSR count). The van der Waals surface area contributed by atoms with E-state index in [4.69, 9.17) is 0 Å². The number of aromatic nitrogens is 6. The Bertz CT molecular complexity index is 6250. The number of alkyl halides is 6. The molecule has 0 aliphatic carbocycles. The molecule has 0 aliphatic heterocycles. The maximum absolute atomic E-state index is 17.1. The summed E-state index contributed by atoms with van der Waals surface area (Å²) in [4.78, 5) is 0. The Morgan fingerprint density at radius 2 is 0.449 bits per heavy atom. The van der Waals surface area contributed by atoms with Gasteiger partial charge in [-0.3, -0.25) is 0 Å². The molecule has 0 radical (unpaired) electrons. The maximum Gasteiger partial charge on any atom is 0.417 e. The van der Waals surface area contributed by atoms with Crippen LogP contribution in [0.15, 0.2) is 303 Å². The highest BCUT2D eigenvalue weighted by molar-refractivity contribution is 6.17. The zero-order valence-corrected chi connectivity index (χ0v) is 51.8. The van der Waals surface area contributed by atoms with Crippen molar-refractivity contribution in [2.45, 2.75) is 12.4 Å². The quantitative estimate of drug-likeness (QED) is 0.142. The van der Waals surface area contributed by atoms with Gasteiger partial charge in [0.25, 0.3) is 0 Å². The Kier molecular flexibility index (Phi) is 11.7. The number of rotatable bonds is 7. The van der Waals surface area contributed by atoms with Crippen LogP contribution in [0.1, 0.15) is 11.1 Å². The topological polar surface area (TPSA) is 29.6 Å². The molecular weight excluding hydrogens is 1230 g/mol. The van der Waals surface area contributed by atoms with Gasteiger partial charge in [-0.25, -0.2) is 0 Å². The Morgan fingerprint density at radius 1 is 0.194 bits per heavy atom. The van der Waals surface area contributed by atoms with Crippen LogP contribution in [0, 0.1) is 0 Å². The lowest BCUT2D eigenvalue weighted by Crippen LogP contribution is -2.13.